The Balaban J connectivity index is 2.09. The molecule has 0 fully saturated rings. The van der Waals surface area contributed by atoms with E-state index in [-0.39, 0.29) is 4.90 Å². The summed E-state index contributed by atoms with van der Waals surface area (Å²) in [5.41, 5.74) is 3.03. The van der Waals surface area contributed by atoms with Crippen LogP contribution in [-0.2, 0) is 10.0 Å². The number of hydrogen-bond donors (Lipinski definition) is 1. The van der Waals surface area contributed by atoms with E-state index in [2.05, 4.69) is 9.71 Å². The number of rotatable bonds is 3. The van der Waals surface area contributed by atoms with Crippen LogP contribution >= 0.6 is 0 Å². The molecule has 0 aliphatic carbocycles. The Morgan fingerprint density at radius 1 is 1.00 bits per heavy atom. The summed E-state index contributed by atoms with van der Waals surface area (Å²) >= 11 is 0. The lowest BCUT2D eigenvalue weighted by molar-refractivity contribution is 0.602. The van der Waals surface area contributed by atoms with E-state index in [4.69, 9.17) is 0 Å². The van der Waals surface area contributed by atoms with Crippen molar-refractivity contribution in [3.63, 3.8) is 0 Å². The first kappa shape index (κ1) is 14.5. The molecule has 0 unspecified atom stereocenters. The molecule has 1 heterocycles. The van der Waals surface area contributed by atoms with E-state index in [0.717, 1.165) is 16.5 Å². The monoisotopic (exact) mass is 312 g/mol. The number of sulfonamides is 1. The zero-order chi connectivity index (χ0) is 15.7. The van der Waals surface area contributed by atoms with Crippen LogP contribution in [0.2, 0.25) is 0 Å². The molecule has 0 radical (unpaired) electrons. The summed E-state index contributed by atoms with van der Waals surface area (Å²) in [4.78, 5) is 4.39. The lowest BCUT2D eigenvalue weighted by Crippen LogP contribution is -2.14. The summed E-state index contributed by atoms with van der Waals surface area (Å²) in [6.45, 7) is 3.85. The fourth-order valence-corrected chi connectivity index (χ4v) is 3.73. The fraction of sp³-hybridized carbons (Fsp3) is 0.118. The van der Waals surface area contributed by atoms with Gasteiger partial charge in [0.2, 0.25) is 0 Å². The van der Waals surface area contributed by atoms with Crippen molar-refractivity contribution in [2.45, 2.75) is 18.7 Å². The summed E-state index contributed by atoms with van der Waals surface area (Å²) < 4.78 is 28.1. The summed E-state index contributed by atoms with van der Waals surface area (Å²) in [5, 5.41) is 0.797. The highest BCUT2D eigenvalue weighted by atomic mass is 32.2. The molecule has 0 saturated heterocycles. The van der Waals surface area contributed by atoms with Crippen LogP contribution < -0.4 is 4.72 Å². The first-order valence-electron chi connectivity index (χ1n) is 6.91. The number of aromatic nitrogens is 1. The number of fused-ring (bicyclic) bond motifs is 1. The largest absolute Gasteiger partial charge is 0.279 e. The predicted octanol–water partition coefficient (Wildman–Crippen LogP) is 3.65. The van der Waals surface area contributed by atoms with Gasteiger partial charge in [0, 0.05) is 11.6 Å². The Kier molecular flexibility index (Phi) is 3.58. The Morgan fingerprint density at radius 3 is 2.55 bits per heavy atom. The minimum atomic E-state index is -3.69. The number of hydrogen-bond acceptors (Lipinski definition) is 3. The second kappa shape index (κ2) is 5.42. The predicted molar refractivity (Wildman–Crippen MR) is 88.5 cm³/mol. The molecule has 0 bridgehead atoms. The van der Waals surface area contributed by atoms with E-state index in [1.807, 2.05) is 38.1 Å². The molecule has 0 spiro atoms. The summed E-state index contributed by atoms with van der Waals surface area (Å²) in [7, 11) is -3.69. The number of aryl methyl sites for hydroxylation is 2. The Morgan fingerprint density at radius 2 is 1.77 bits per heavy atom. The molecule has 0 aliphatic rings. The first-order valence-corrected chi connectivity index (χ1v) is 8.39. The van der Waals surface area contributed by atoms with Crippen molar-refractivity contribution in [2.75, 3.05) is 4.72 Å². The smallest absolute Gasteiger partial charge is 0.264 e. The minimum absolute atomic E-state index is 0.186. The van der Waals surface area contributed by atoms with Gasteiger partial charge in [-0.1, -0.05) is 35.9 Å². The molecule has 0 amide bonds. The lowest BCUT2D eigenvalue weighted by atomic mass is 10.1. The standard InChI is InChI=1S/C17H16N2O2S/c1-12-8-9-15(13(2)11-12)19-22(20,21)16-7-3-5-14-6-4-10-18-17(14)16/h3-11,19H,1-2H3. The molecule has 3 rings (SSSR count). The minimum Gasteiger partial charge on any atom is -0.279 e. The van der Waals surface area contributed by atoms with Crippen LogP contribution in [0.15, 0.2) is 59.6 Å². The van der Waals surface area contributed by atoms with Crippen molar-refractivity contribution in [1.29, 1.82) is 0 Å². The van der Waals surface area contributed by atoms with Gasteiger partial charge in [-0.3, -0.25) is 9.71 Å². The zero-order valence-corrected chi connectivity index (χ0v) is 13.2. The number of pyridine rings is 1. The van der Waals surface area contributed by atoms with E-state index in [1.54, 1.807) is 30.5 Å². The number of benzene rings is 2. The van der Waals surface area contributed by atoms with Gasteiger partial charge < -0.3 is 0 Å². The van der Waals surface area contributed by atoms with Crippen LogP contribution in [0.25, 0.3) is 10.9 Å². The molecule has 0 aliphatic heterocycles. The van der Waals surface area contributed by atoms with Crippen LogP contribution in [0, 0.1) is 13.8 Å². The van der Waals surface area contributed by atoms with Crippen LogP contribution in [0.4, 0.5) is 5.69 Å². The quantitative estimate of drug-likeness (QED) is 0.803. The lowest BCUT2D eigenvalue weighted by Gasteiger charge is -2.12. The Hall–Kier alpha value is -2.40. The second-order valence-corrected chi connectivity index (χ2v) is 6.91. The number of nitrogens with zero attached hydrogens (tertiary/aromatic N) is 1. The zero-order valence-electron chi connectivity index (χ0n) is 12.4. The summed E-state index contributed by atoms with van der Waals surface area (Å²) in [6, 6.07) is 14.4. The van der Waals surface area contributed by atoms with Crippen molar-refractivity contribution in [2.24, 2.45) is 0 Å². The average Bonchev–Trinajstić information content (AvgIpc) is 2.49. The van der Waals surface area contributed by atoms with E-state index >= 15 is 0 Å². The van der Waals surface area contributed by atoms with Gasteiger partial charge in [0.25, 0.3) is 10.0 Å². The summed E-state index contributed by atoms with van der Waals surface area (Å²) in [6.07, 6.45) is 1.60. The second-order valence-electron chi connectivity index (χ2n) is 5.26. The van der Waals surface area contributed by atoms with E-state index in [1.165, 1.54) is 0 Å². The Bertz CT molecular complexity index is 945. The molecule has 22 heavy (non-hydrogen) atoms. The van der Waals surface area contributed by atoms with Crippen molar-refractivity contribution >= 4 is 26.6 Å². The SMILES string of the molecule is Cc1ccc(NS(=O)(=O)c2cccc3cccnc23)c(C)c1. The van der Waals surface area contributed by atoms with Crippen molar-refractivity contribution < 1.29 is 8.42 Å². The van der Waals surface area contributed by atoms with Gasteiger partial charge in [-0.05, 0) is 37.6 Å². The van der Waals surface area contributed by atoms with Crippen LogP contribution in [0.3, 0.4) is 0 Å². The molecule has 1 N–H and O–H groups in total. The van der Waals surface area contributed by atoms with Crippen molar-refractivity contribution in [3.05, 3.63) is 65.9 Å². The van der Waals surface area contributed by atoms with Crippen molar-refractivity contribution in [3.8, 4) is 0 Å². The average molecular weight is 312 g/mol. The molecule has 3 aromatic rings. The van der Waals surface area contributed by atoms with Gasteiger partial charge in [0.15, 0.2) is 0 Å². The maximum absolute atomic E-state index is 12.7. The first-order chi connectivity index (χ1) is 10.5. The number of anilines is 1. The molecule has 5 heteroatoms. The van der Waals surface area contributed by atoms with Gasteiger partial charge in [-0.2, -0.15) is 0 Å². The number of para-hydroxylation sites is 1. The maximum Gasteiger partial charge on any atom is 0.264 e. The highest BCUT2D eigenvalue weighted by molar-refractivity contribution is 7.93. The molecule has 2 aromatic carbocycles. The summed E-state index contributed by atoms with van der Waals surface area (Å²) in [5.74, 6) is 0. The van der Waals surface area contributed by atoms with Crippen LogP contribution in [0.5, 0.6) is 0 Å². The maximum atomic E-state index is 12.7. The van der Waals surface area contributed by atoms with Gasteiger partial charge >= 0.3 is 0 Å². The van der Waals surface area contributed by atoms with Crippen LogP contribution in [0.1, 0.15) is 11.1 Å². The molecule has 0 atom stereocenters. The molecular formula is C17H16N2O2S. The highest BCUT2D eigenvalue weighted by Gasteiger charge is 2.18. The Labute approximate surface area is 129 Å². The third-order valence-electron chi connectivity index (χ3n) is 3.51. The van der Waals surface area contributed by atoms with E-state index < -0.39 is 10.0 Å². The molecule has 0 saturated carbocycles. The third-order valence-corrected chi connectivity index (χ3v) is 4.91. The van der Waals surface area contributed by atoms with E-state index in [9.17, 15) is 8.42 Å². The number of nitrogens with one attached hydrogen (secondary N) is 1. The molecular weight excluding hydrogens is 296 g/mol. The van der Waals surface area contributed by atoms with Crippen molar-refractivity contribution in [1.82, 2.24) is 4.98 Å². The van der Waals surface area contributed by atoms with Gasteiger partial charge in [0.1, 0.15) is 4.90 Å². The van der Waals surface area contributed by atoms with Crippen LogP contribution in [-0.4, -0.2) is 13.4 Å². The molecule has 112 valence electrons. The van der Waals surface area contributed by atoms with Gasteiger partial charge in [-0.25, -0.2) is 8.42 Å². The molecule has 1 aromatic heterocycles. The normalized spacial score (nSPS) is 11.5. The van der Waals surface area contributed by atoms with E-state index in [0.29, 0.717) is 11.2 Å². The highest BCUT2D eigenvalue weighted by Crippen LogP contribution is 2.25. The molecule has 4 nitrogen and oxygen atoms in total. The van der Waals surface area contributed by atoms with Gasteiger partial charge in [-0.15, -0.1) is 0 Å². The van der Waals surface area contributed by atoms with Gasteiger partial charge in [0.05, 0.1) is 11.2 Å². The fourth-order valence-electron chi connectivity index (χ4n) is 2.42. The topological polar surface area (TPSA) is 59.1 Å². The third kappa shape index (κ3) is 2.67.